The SMILES string of the molecule is CC(C#N)Nc1ccn(C)n1. The monoisotopic (exact) mass is 150 g/mol. The molecule has 0 aromatic carbocycles. The summed E-state index contributed by atoms with van der Waals surface area (Å²) in [4.78, 5) is 0. The number of rotatable bonds is 2. The third kappa shape index (κ3) is 1.97. The van der Waals surface area contributed by atoms with Crippen molar-refractivity contribution < 1.29 is 0 Å². The van der Waals surface area contributed by atoms with Gasteiger partial charge in [0, 0.05) is 19.3 Å². The van der Waals surface area contributed by atoms with Gasteiger partial charge in [-0.25, -0.2) is 0 Å². The Morgan fingerprint density at radius 2 is 2.55 bits per heavy atom. The number of nitrogens with one attached hydrogen (secondary N) is 1. The Hall–Kier alpha value is -1.50. The van der Waals surface area contributed by atoms with Crippen molar-refractivity contribution in [2.75, 3.05) is 5.32 Å². The average molecular weight is 150 g/mol. The topological polar surface area (TPSA) is 53.6 Å². The van der Waals surface area contributed by atoms with Crippen molar-refractivity contribution >= 4 is 5.82 Å². The van der Waals surface area contributed by atoms with Crippen molar-refractivity contribution in [1.29, 1.82) is 5.26 Å². The summed E-state index contributed by atoms with van der Waals surface area (Å²) in [6.45, 7) is 1.79. The molecule has 11 heavy (non-hydrogen) atoms. The highest BCUT2D eigenvalue weighted by atomic mass is 15.3. The third-order valence-electron chi connectivity index (χ3n) is 1.27. The lowest BCUT2D eigenvalue weighted by Gasteiger charge is -2.01. The summed E-state index contributed by atoms with van der Waals surface area (Å²) >= 11 is 0. The highest BCUT2D eigenvalue weighted by molar-refractivity contribution is 5.34. The van der Waals surface area contributed by atoms with Gasteiger partial charge in [0.25, 0.3) is 0 Å². The maximum atomic E-state index is 8.46. The molecule has 4 nitrogen and oxygen atoms in total. The van der Waals surface area contributed by atoms with Gasteiger partial charge in [0.05, 0.1) is 6.07 Å². The van der Waals surface area contributed by atoms with E-state index in [4.69, 9.17) is 5.26 Å². The predicted molar refractivity (Wildman–Crippen MR) is 41.9 cm³/mol. The first-order valence-corrected chi connectivity index (χ1v) is 3.38. The van der Waals surface area contributed by atoms with Crippen molar-refractivity contribution in [3.63, 3.8) is 0 Å². The van der Waals surface area contributed by atoms with Gasteiger partial charge in [0.15, 0.2) is 0 Å². The van der Waals surface area contributed by atoms with Crippen LogP contribution in [-0.2, 0) is 7.05 Å². The lowest BCUT2D eigenvalue weighted by Crippen LogP contribution is -2.12. The van der Waals surface area contributed by atoms with Gasteiger partial charge in [-0.3, -0.25) is 4.68 Å². The molecular weight excluding hydrogens is 140 g/mol. The summed E-state index contributed by atoms with van der Waals surface area (Å²) in [6.07, 6.45) is 1.83. The van der Waals surface area contributed by atoms with Gasteiger partial charge < -0.3 is 5.32 Å². The lowest BCUT2D eigenvalue weighted by molar-refractivity contribution is 0.766. The zero-order chi connectivity index (χ0) is 8.27. The van der Waals surface area contributed by atoms with Gasteiger partial charge in [0.1, 0.15) is 11.9 Å². The Morgan fingerprint density at radius 1 is 1.82 bits per heavy atom. The van der Waals surface area contributed by atoms with Gasteiger partial charge >= 0.3 is 0 Å². The zero-order valence-corrected chi connectivity index (χ0v) is 6.57. The van der Waals surface area contributed by atoms with E-state index in [1.54, 1.807) is 11.6 Å². The Labute approximate surface area is 65.4 Å². The number of anilines is 1. The molecule has 1 N–H and O–H groups in total. The van der Waals surface area contributed by atoms with Crippen molar-refractivity contribution in [3.8, 4) is 6.07 Å². The van der Waals surface area contributed by atoms with E-state index in [9.17, 15) is 0 Å². The first-order chi connectivity index (χ1) is 5.22. The fraction of sp³-hybridized carbons (Fsp3) is 0.429. The molecule has 0 radical (unpaired) electrons. The molecule has 0 spiro atoms. The number of hydrogen-bond acceptors (Lipinski definition) is 3. The smallest absolute Gasteiger partial charge is 0.148 e. The van der Waals surface area contributed by atoms with E-state index in [-0.39, 0.29) is 6.04 Å². The standard InChI is InChI=1S/C7H10N4/c1-6(5-8)9-7-3-4-11(2)10-7/h3-4,6H,1-2H3,(H,9,10). The molecule has 0 amide bonds. The number of nitrogens with zero attached hydrogens (tertiary/aromatic N) is 3. The van der Waals surface area contributed by atoms with E-state index in [1.165, 1.54) is 0 Å². The fourth-order valence-corrected chi connectivity index (χ4v) is 0.746. The second-order valence-corrected chi connectivity index (χ2v) is 2.37. The van der Waals surface area contributed by atoms with Crippen LogP contribution in [0.5, 0.6) is 0 Å². The average Bonchev–Trinajstić information content (AvgIpc) is 2.35. The molecule has 0 aliphatic heterocycles. The number of hydrogen-bond donors (Lipinski definition) is 1. The molecule has 1 aromatic rings. The summed E-state index contributed by atoms with van der Waals surface area (Å²) in [6, 6.07) is 3.70. The van der Waals surface area contributed by atoms with E-state index in [0.29, 0.717) is 0 Å². The van der Waals surface area contributed by atoms with Crippen molar-refractivity contribution in [2.45, 2.75) is 13.0 Å². The van der Waals surface area contributed by atoms with Gasteiger partial charge in [-0.05, 0) is 6.92 Å². The van der Waals surface area contributed by atoms with Crippen LogP contribution in [-0.4, -0.2) is 15.8 Å². The van der Waals surface area contributed by atoms with Crippen LogP contribution in [0.25, 0.3) is 0 Å². The molecule has 1 atom stereocenters. The second kappa shape index (κ2) is 3.06. The highest BCUT2D eigenvalue weighted by Crippen LogP contribution is 2.01. The van der Waals surface area contributed by atoms with E-state index in [1.807, 2.05) is 19.3 Å². The van der Waals surface area contributed by atoms with Gasteiger partial charge in [-0.1, -0.05) is 0 Å². The van der Waals surface area contributed by atoms with E-state index in [0.717, 1.165) is 5.82 Å². The molecule has 58 valence electrons. The fourth-order valence-electron chi connectivity index (χ4n) is 0.746. The molecule has 0 bridgehead atoms. The van der Waals surface area contributed by atoms with Crippen molar-refractivity contribution in [1.82, 2.24) is 9.78 Å². The maximum Gasteiger partial charge on any atom is 0.148 e. The van der Waals surface area contributed by atoms with Crippen LogP contribution in [0, 0.1) is 11.3 Å². The van der Waals surface area contributed by atoms with Crippen LogP contribution in [0.15, 0.2) is 12.3 Å². The van der Waals surface area contributed by atoms with Gasteiger partial charge in [0.2, 0.25) is 0 Å². The molecule has 0 fully saturated rings. The van der Waals surface area contributed by atoms with Crippen LogP contribution in [0.2, 0.25) is 0 Å². The molecule has 0 aliphatic rings. The summed E-state index contributed by atoms with van der Waals surface area (Å²) in [7, 11) is 1.84. The van der Waals surface area contributed by atoms with Crippen LogP contribution >= 0.6 is 0 Å². The van der Waals surface area contributed by atoms with E-state index >= 15 is 0 Å². The lowest BCUT2D eigenvalue weighted by atomic mass is 10.4. The maximum absolute atomic E-state index is 8.46. The minimum atomic E-state index is -0.190. The second-order valence-electron chi connectivity index (χ2n) is 2.37. The van der Waals surface area contributed by atoms with Gasteiger partial charge in [-0.15, -0.1) is 0 Å². The van der Waals surface area contributed by atoms with Crippen LogP contribution in [0.3, 0.4) is 0 Å². The summed E-state index contributed by atoms with van der Waals surface area (Å²) < 4.78 is 1.69. The number of aromatic nitrogens is 2. The molecule has 4 heteroatoms. The largest absolute Gasteiger partial charge is 0.353 e. The molecule has 1 rings (SSSR count). The summed E-state index contributed by atoms with van der Waals surface area (Å²) in [5.41, 5.74) is 0. The van der Waals surface area contributed by atoms with Crippen LogP contribution < -0.4 is 5.32 Å². The Kier molecular flexibility index (Phi) is 2.12. The van der Waals surface area contributed by atoms with Crippen molar-refractivity contribution in [2.24, 2.45) is 7.05 Å². The van der Waals surface area contributed by atoms with E-state index < -0.39 is 0 Å². The normalized spacial score (nSPS) is 12.1. The number of aryl methyl sites for hydroxylation is 1. The minimum Gasteiger partial charge on any atom is -0.353 e. The molecule has 1 heterocycles. The quantitative estimate of drug-likeness (QED) is 0.676. The molecule has 0 saturated heterocycles. The molecule has 1 unspecified atom stereocenters. The third-order valence-corrected chi connectivity index (χ3v) is 1.27. The Morgan fingerprint density at radius 3 is 3.00 bits per heavy atom. The molecule has 1 aromatic heterocycles. The van der Waals surface area contributed by atoms with E-state index in [2.05, 4.69) is 16.5 Å². The first-order valence-electron chi connectivity index (χ1n) is 3.38. The predicted octanol–water partition coefficient (Wildman–Crippen LogP) is 0.744. The highest BCUT2D eigenvalue weighted by Gasteiger charge is 1.99. The summed E-state index contributed by atoms with van der Waals surface area (Å²) in [5.74, 6) is 0.738. The number of nitriles is 1. The summed E-state index contributed by atoms with van der Waals surface area (Å²) in [5, 5.41) is 15.4. The Balaban J connectivity index is 2.59. The zero-order valence-electron chi connectivity index (χ0n) is 6.57. The molecule has 0 saturated carbocycles. The molecular formula is C7H10N4. The van der Waals surface area contributed by atoms with Crippen molar-refractivity contribution in [3.05, 3.63) is 12.3 Å². The van der Waals surface area contributed by atoms with Crippen LogP contribution in [0.4, 0.5) is 5.82 Å². The molecule has 0 aliphatic carbocycles. The first kappa shape index (κ1) is 7.61. The Bertz CT molecular complexity index is 270. The minimum absolute atomic E-state index is 0.190. The van der Waals surface area contributed by atoms with Crippen LogP contribution in [0.1, 0.15) is 6.92 Å². The van der Waals surface area contributed by atoms with Gasteiger partial charge in [-0.2, -0.15) is 10.4 Å².